The molecular weight excluding hydrogens is 418 g/mol. The Labute approximate surface area is 197 Å². The molecular formula is C27H37NO5. The van der Waals surface area contributed by atoms with Gasteiger partial charge in [-0.3, -0.25) is 4.79 Å². The maximum absolute atomic E-state index is 12.9. The van der Waals surface area contributed by atoms with Crippen molar-refractivity contribution in [2.45, 2.75) is 65.5 Å². The molecule has 1 atom stereocenters. The number of amides is 1. The number of carboxylic acid groups (broad SMARTS) is 1. The van der Waals surface area contributed by atoms with Gasteiger partial charge in [0.15, 0.2) is 12.7 Å². The summed E-state index contributed by atoms with van der Waals surface area (Å²) in [6, 6.07) is 15.6. The van der Waals surface area contributed by atoms with Crippen molar-refractivity contribution in [3.8, 4) is 5.75 Å². The maximum Gasteiger partial charge on any atom is 0.333 e. The first kappa shape index (κ1) is 26.4. The molecule has 0 fully saturated rings. The highest BCUT2D eigenvalue weighted by Crippen LogP contribution is 2.17. The minimum Gasteiger partial charge on any atom is -0.484 e. The third kappa shape index (κ3) is 8.89. The summed E-state index contributed by atoms with van der Waals surface area (Å²) in [7, 11) is 0. The van der Waals surface area contributed by atoms with Crippen LogP contribution in [0.2, 0.25) is 0 Å². The van der Waals surface area contributed by atoms with Crippen LogP contribution in [0.3, 0.4) is 0 Å². The molecule has 1 amide bonds. The number of ether oxygens (including phenoxy) is 2. The highest BCUT2D eigenvalue weighted by molar-refractivity contribution is 5.77. The number of carboxylic acids is 1. The molecule has 33 heavy (non-hydrogen) atoms. The van der Waals surface area contributed by atoms with Gasteiger partial charge in [0.25, 0.3) is 5.91 Å². The van der Waals surface area contributed by atoms with E-state index in [1.165, 1.54) is 5.56 Å². The minimum atomic E-state index is -0.978. The van der Waals surface area contributed by atoms with Crippen molar-refractivity contribution in [3.63, 3.8) is 0 Å². The third-order valence-electron chi connectivity index (χ3n) is 5.50. The first-order chi connectivity index (χ1) is 15.8. The van der Waals surface area contributed by atoms with E-state index in [1.807, 2.05) is 4.90 Å². The second-order valence-corrected chi connectivity index (χ2v) is 8.48. The summed E-state index contributed by atoms with van der Waals surface area (Å²) >= 11 is 0. The van der Waals surface area contributed by atoms with E-state index in [-0.39, 0.29) is 18.9 Å². The molecule has 0 bridgehead atoms. The Kier molecular flexibility index (Phi) is 10.9. The monoisotopic (exact) mass is 455 g/mol. The molecule has 0 unspecified atom stereocenters. The van der Waals surface area contributed by atoms with Gasteiger partial charge in [-0.2, -0.15) is 0 Å². The lowest BCUT2D eigenvalue weighted by Crippen LogP contribution is -2.35. The van der Waals surface area contributed by atoms with Crippen LogP contribution in [-0.4, -0.2) is 47.7 Å². The molecule has 6 nitrogen and oxygen atoms in total. The van der Waals surface area contributed by atoms with Crippen LogP contribution < -0.4 is 4.74 Å². The maximum atomic E-state index is 12.9. The summed E-state index contributed by atoms with van der Waals surface area (Å²) in [5.74, 6) is 0.0227. The molecule has 2 aromatic rings. The predicted molar refractivity (Wildman–Crippen MR) is 130 cm³/mol. The first-order valence-electron chi connectivity index (χ1n) is 11.8. The molecule has 180 valence electrons. The second kappa shape index (κ2) is 13.6. The molecule has 0 heterocycles. The summed E-state index contributed by atoms with van der Waals surface area (Å²) in [6.45, 7) is 9.78. The Balaban J connectivity index is 1.95. The van der Waals surface area contributed by atoms with Crippen molar-refractivity contribution in [2.24, 2.45) is 0 Å². The van der Waals surface area contributed by atoms with Gasteiger partial charge >= 0.3 is 5.97 Å². The van der Waals surface area contributed by atoms with Gasteiger partial charge in [-0.05, 0) is 48.1 Å². The summed E-state index contributed by atoms with van der Waals surface area (Å²) in [5, 5.41) is 9.23. The fourth-order valence-electron chi connectivity index (χ4n) is 3.46. The number of aliphatic carboxylic acids is 1. The van der Waals surface area contributed by atoms with Crippen molar-refractivity contribution in [1.29, 1.82) is 0 Å². The van der Waals surface area contributed by atoms with Gasteiger partial charge in [0, 0.05) is 26.1 Å². The van der Waals surface area contributed by atoms with Crippen molar-refractivity contribution < 1.29 is 24.2 Å². The van der Waals surface area contributed by atoms with E-state index in [1.54, 1.807) is 31.2 Å². The first-order valence-corrected chi connectivity index (χ1v) is 11.8. The van der Waals surface area contributed by atoms with Gasteiger partial charge in [0.1, 0.15) is 5.75 Å². The molecule has 0 saturated heterocycles. The molecule has 0 aliphatic heterocycles. The average Bonchev–Trinajstić information content (AvgIpc) is 2.81. The Morgan fingerprint density at radius 1 is 0.970 bits per heavy atom. The topological polar surface area (TPSA) is 76.1 Å². The highest BCUT2D eigenvalue weighted by atomic mass is 16.5. The number of carbonyl (C=O) groups is 2. The second-order valence-electron chi connectivity index (χ2n) is 8.48. The van der Waals surface area contributed by atoms with Gasteiger partial charge in [-0.1, -0.05) is 63.6 Å². The van der Waals surface area contributed by atoms with Gasteiger partial charge < -0.3 is 19.5 Å². The van der Waals surface area contributed by atoms with Crippen molar-refractivity contribution in [2.75, 3.05) is 19.8 Å². The van der Waals surface area contributed by atoms with Gasteiger partial charge in [-0.25, -0.2) is 4.79 Å². The van der Waals surface area contributed by atoms with E-state index in [4.69, 9.17) is 9.47 Å². The van der Waals surface area contributed by atoms with E-state index in [2.05, 4.69) is 45.0 Å². The Morgan fingerprint density at radius 3 is 2.15 bits per heavy atom. The highest BCUT2D eigenvalue weighted by Gasteiger charge is 2.18. The molecule has 6 heteroatoms. The zero-order valence-corrected chi connectivity index (χ0v) is 20.3. The minimum absolute atomic E-state index is 0.0379. The quantitative estimate of drug-likeness (QED) is 0.431. The number of rotatable bonds is 14. The van der Waals surface area contributed by atoms with Gasteiger partial charge in [0.05, 0.1) is 0 Å². The zero-order valence-electron chi connectivity index (χ0n) is 20.3. The lowest BCUT2D eigenvalue weighted by molar-refractivity contribution is -0.150. The molecule has 0 saturated carbocycles. The lowest BCUT2D eigenvalue weighted by atomic mass is 10.0. The smallest absolute Gasteiger partial charge is 0.333 e. The number of hydrogen-bond acceptors (Lipinski definition) is 4. The van der Waals surface area contributed by atoms with Crippen molar-refractivity contribution in [1.82, 2.24) is 4.90 Å². The van der Waals surface area contributed by atoms with E-state index >= 15 is 0 Å². The molecule has 2 rings (SSSR count). The van der Waals surface area contributed by atoms with E-state index in [0.29, 0.717) is 31.4 Å². The summed E-state index contributed by atoms with van der Waals surface area (Å²) < 4.78 is 11.0. The average molecular weight is 456 g/mol. The summed E-state index contributed by atoms with van der Waals surface area (Å²) in [4.78, 5) is 26.0. The summed E-state index contributed by atoms with van der Waals surface area (Å²) in [5.41, 5.74) is 3.23. The Hall–Kier alpha value is -2.86. The van der Waals surface area contributed by atoms with Crippen molar-refractivity contribution in [3.05, 3.63) is 65.2 Å². The molecule has 0 spiro atoms. The van der Waals surface area contributed by atoms with Crippen LogP contribution in [0.5, 0.6) is 5.75 Å². The number of nitrogens with zero attached hydrogens (tertiary/aromatic N) is 1. The Morgan fingerprint density at radius 2 is 1.61 bits per heavy atom. The predicted octanol–water partition coefficient (Wildman–Crippen LogP) is 5.05. The van der Waals surface area contributed by atoms with Crippen LogP contribution in [0.15, 0.2) is 48.5 Å². The number of carbonyl (C=O) groups excluding carboxylic acids is 1. The van der Waals surface area contributed by atoms with E-state index in [0.717, 1.165) is 24.0 Å². The van der Waals surface area contributed by atoms with Crippen molar-refractivity contribution >= 4 is 11.9 Å². The molecule has 0 aliphatic rings. The van der Waals surface area contributed by atoms with Crippen LogP contribution in [0, 0.1) is 0 Å². The normalized spacial score (nSPS) is 11.9. The summed E-state index contributed by atoms with van der Waals surface area (Å²) in [6.07, 6.45) is 1.36. The van der Waals surface area contributed by atoms with Crippen LogP contribution in [0.25, 0.3) is 0 Å². The molecule has 0 radical (unpaired) electrons. The van der Waals surface area contributed by atoms with E-state index in [9.17, 15) is 14.7 Å². The molecule has 2 aromatic carbocycles. The van der Waals surface area contributed by atoms with Gasteiger partial charge in [0.2, 0.25) is 0 Å². The van der Waals surface area contributed by atoms with Gasteiger partial charge in [-0.15, -0.1) is 0 Å². The number of hydrogen-bond donors (Lipinski definition) is 1. The van der Waals surface area contributed by atoms with Crippen LogP contribution >= 0.6 is 0 Å². The van der Waals surface area contributed by atoms with Crippen LogP contribution in [-0.2, 0) is 27.3 Å². The molecule has 0 aliphatic carbocycles. The molecule has 0 aromatic heterocycles. The zero-order chi connectivity index (χ0) is 24.2. The Bertz CT molecular complexity index is 861. The SMILES string of the molecule is CCCCN(Cc1ccc(C(C)C)cc1)C(=O)COc1ccc(C[C@H](OCC)C(=O)O)cc1. The standard InChI is InChI=1S/C27H37NO5/c1-5-7-16-28(18-22-8-12-23(13-9-22)20(3)4)26(29)19-33-24-14-10-21(11-15-24)17-25(27(30)31)32-6-2/h8-15,20,25H,5-7,16-19H2,1-4H3,(H,30,31)/t25-/m0/s1. The fourth-order valence-corrected chi connectivity index (χ4v) is 3.46. The van der Waals surface area contributed by atoms with Crippen LogP contribution in [0.1, 0.15) is 63.1 Å². The van der Waals surface area contributed by atoms with E-state index < -0.39 is 12.1 Å². The number of benzene rings is 2. The fraction of sp³-hybridized carbons (Fsp3) is 0.481. The lowest BCUT2D eigenvalue weighted by Gasteiger charge is -2.23. The molecule has 1 N–H and O–H groups in total. The largest absolute Gasteiger partial charge is 0.484 e. The van der Waals surface area contributed by atoms with Crippen LogP contribution in [0.4, 0.5) is 0 Å². The number of unbranched alkanes of at least 4 members (excludes halogenated alkanes) is 1. The third-order valence-corrected chi connectivity index (χ3v) is 5.50.